The van der Waals surface area contributed by atoms with Crippen molar-refractivity contribution in [3.05, 3.63) is 71.8 Å². The Balaban J connectivity index is 1.84. The Hall–Kier alpha value is -1.13. The zero-order valence-electron chi connectivity index (χ0n) is 12.8. The molecule has 0 heterocycles. The van der Waals surface area contributed by atoms with Crippen LogP contribution in [-0.4, -0.2) is 16.6 Å². The lowest BCUT2D eigenvalue weighted by atomic mass is 10.2. The van der Waals surface area contributed by atoms with Gasteiger partial charge in [-0.3, -0.25) is 0 Å². The monoisotopic (exact) mass is 298 g/mol. The summed E-state index contributed by atoms with van der Waals surface area (Å²) in [5.74, 6) is 0. The van der Waals surface area contributed by atoms with Crippen LogP contribution in [-0.2, 0) is 12.8 Å². The molecule has 0 aliphatic carbocycles. The third-order valence-electron chi connectivity index (χ3n) is 4.24. The maximum absolute atomic E-state index is 2.56. The number of benzene rings is 2. The number of hydrogen-bond donors (Lipinski definition) is 0. The highest BCUT2D eigenvalue weighted by molar-refractivity contribution is 7.21. The van der Waals surface area contributed by atoms with Crippen LogP contribution in [0.1, 0.15) is 11.1 Å². The van der Waals surface area contributed by atoms with Crippen LogP contribution in [0.4, 0.5) is 0 Å². The molecule has 0 bridgehead atoms. The highest BCUT2D eigenvalue weighted by atomic mass is 29.2. The molecule has 0 unspecified atom stereocenters. The van der Waals surface area contributed by atoms with Crippen molar-refractivity contribution in [3.63, 3.8) is 0 Å². The first-order chi connectivity index (χ1) is 9.75. The van der Waals surface area contributed by atoms with Crippen molar-refractivity contribution in [3.8, 4) is 0 Å². The predicted octanol–water partition coefficient (Wildman–Crippen LogP) is 4.26. The highest BCUT2D eigenvalue weighted by Gasteiger charge is 2.16. The van der Waals surface area contributed by atoms with E-state index < -0.39 is 16.6 Å². The van der Waals surface area contributed by atoms with Crippen molar-refractivity contribution in [1.82, 2.24) is 0 Å². The number of aryl methyl sites for hydroxylation is 2. The van der Waals surface area contributed by atoms with Gasteiger partial charge in [-0.1, -0.05) is 85.8 Å². The van der Waals surface area contributed by atoms with Crippen LogP contribution in [0.5, 0.6) is 0 Å². The topological polar surface area (TPSA) is 0 Å². The molecule has 0 radical (unpaired) electrons. The first-order valence-corrected chi connectivity index (χ1v) is 14.4. The molecule has 2 aromatic rings. The summed E-state index contributed by atoms with van der Waals surface area (Å²) in [7, 11) is -0.937. The Kier molecular flexibility index (Phi) is 6.28. The third-order valence-corrected chi connectivity index (χ3v) is 15.8. The Bertz CT molecular complexity index is 436. The molecule has 0 atom stereocenters. The lowest BCUT2D eigenvalue weighted by Crippen LogP contribution is -2.30. The van der Waals surface area contributed by atoms with Gasteiger partial charge in [0, 0.05) is 16.6 Å². The zero-order valence-corrected chi connectivity index (χ0v) is 15.1. The highest BCUT2D eigenvalue weighted by Crippen LogP contribution is 2.14. The van der Waals surface area contributed by atoms with Gasteiger partial charge in [0.25, 0.3) is 0 Å². The van der Waals surface area contributed by atoms with Gasteiger partial charge in [0.15, 0.2) is 0 Å². The molecule has 0 saturated carbocycles. The summed E-state index contributed by atoms with van der Waals surface area (Å²) in [6.07, 6.45) is 2.61. The van der Waals surface area contributed by atoms with E-state index in [0.717, 1.165) is 0 Å². The molecule has 0 saturated heterocycles. The summed E-state index contributed by atoms with van der Waals surface area (Å²) < 4.78 is 0. The Labute approximate surface area is 126 Å². The van der Waals surface area contributed by atoms with Crippen molar-refractivity contribution in [1.29, 1.82) is 0 Å². The molecule has 20 heavy (non-hydrogen) atoms. The Morgan fingerprint density at radius 1 is 0.650 bits per heavy atom. The minimum Gasteiger partial charge on any atom is -0.0743 e. The molecule has 0 spiro atoms. The minimum absolute atomic E-state index is 0.429. The predicted molar refractivity (Wildman–Crippen MR) is 95.9 cm³/mol. The lowest BCUT2D eigenvalue weighted by molar-refractivity contribution is 1.06. The molecule has 0 aromatic heterocycles. The van der Waals surface area contributed by atoms with Gasteiger partial charge in [-0.25, -0.2) is 0 Å². The normalized spacial score (nSPS) is 11.2. The molecule has 2 rings (SSSR count). The van der Waals surface area contributed by atoms with Gasteiger partial charge in [0.1, 0.15) is 0 Å². The van der Waals surface area contributed by atoms with Gasteiger partial charge in [-0.15, -0.1) is 0 Å². The van der Waals surface area contributed by atoms with Gasteiger partial charge in [-0.05, 0) is 24.0 Å². The van der Waals surface area contributed by atoms with Gasteiger partial charge < -0.3 is 0 Å². The van der Waals surface area contributed by atoms with E-state index in [1.165, 1.54) is 36.1 Å². The average molecular weight is 299 g/mol. The van der Waals surface area contributed by atoms with E-state index in [9.17, 15) is 0 Å². The first-order valence-electron chi connectivity index (χ1n) is 7.83. The molecule has 0 fully saturated rings. The van der Waals surface area contributed by atoms with Crippen molar-refractivity contribution in [2.24, 2.45) is 0 Å². The third kappa shape index (κ3) is 5.10. The molecular weight excluding hydrogens is 272 g/mol. The molecule has 0 aliphatic heterocycles. The van der Waals surface area contributed by atoms with Crippen LogP contribution in [0.25, 0.3) is 0 Å². The van der Waals surface area contributed by atoms with E-state index in [2.05, 4.69) is 73.8 Å². The van der Waals surface area contributed by atoms with Crippen LogP contribution >= 0.6 is 0 Å². The van der Waals surface area contributed by atoms with Crippen LogP contribution < -0.4 is 0 Å². The van der Waals surface area contributed by atoms with Crippen molar-refractivity contribution in [2.45, 2.75) is 38.0 Å². The fraction of sp³-hybridized carbons (Fsp3) is 0.333. The maximum Gasteiger partial charge on any atom is 0.0281 e. The number of rotatable bonds is 7. The number of hydrogen-bond acceptors (Lipinski definition) is 0. The maximum atomic E-state index is 2.56. The largest absolute Gasteiger partial charge is 0.0743 e. The summed E-state index contributed by atoms with van der Waals surface area (Å²) in [4.78, 5) is 0. The molecule has 106 valence electrons. The molecule has 0 nitrogen and oxygen atoms in total. The first kappa shape index (κ1) is 15.3. The molecule has 0 N–H and O–H groups in total. The van der Waals surface area contributed by atoms with E-state index in [0.29, 0.717) is 0 Å². The van der Waals surface area contributed by atoms with E-state index in [1.54, 1.807) is 0 Å². The lowest BCUT2D eigenvalue weighted by Gasteiger charge is -2.18. The second-order valence-corrected chi connectivity index (χ2v) is 18.0. The van der Waals surface area contributed by atoms with Crippen molar-refractivity contribution >= 4 is 16.6 Å². The smallest absolute Gasteiger partial charge is 0.0281 e. The summed E-state index contributed by atoms with van der Waals surface area (Å²) in [6, 6.07) is 25.0. The molecular formula is C18H26Si2. The minimum atomic E-state index is -0.508. The molecule has 2 aromatic carbocycles. The molecule has 0 amide bonds. The van der Waals surface area contributed by atoms with Crippen molar-refractivity contribution < 1.29 is 0 Å². The summed E-state index contributed by atoms with van der Waals surface area (Å²) >= 11 is 0. The average Bonchev–Trinajstić information content (AvgIpc) is 2.49. The van der Waals surface area contributed by atoms with Crippen molar-refractivity contribution in [2.75, 3.05) is 0 Å². The van der Waals surface area contributed by atoms with Gasteiger partial charge in [0.05, 0.1) is 0 Å². The Morgan fingerprint density at radius 2 is 1.05 bits per heavy atom. The molecule has 0 aliphatic rings. The van der Waals surface area contributed by atoms with E-state index in [1.807, 2.05) is 0 Å². The van der Waals surface area contributed by atoms with Crippen LogP contribution in [0.2, 0.25) is 25.2 Å². The van der Waals surface area contributed by atoms with E-state index in [-0.39, 0.29) is 0 Å². The van der Waals surface area contributed by atoms with Crippen LogP contribution in [0, 0.1) is 0 Å². The van der Waals surface area contributed by atoms with Crippen LogP contribution in [0.3, 0.4) is 0 Å². The quantitative estimate of drug-likeness (QED) is 0.670. The van der Waals surface area contributed by atoms with E-state index in [4.69, 9.17) is 0 Å². The fourth-order valence-corrected chi connectivity index (χ4v) is 10.8. The second kappa shape index (κ2) is 8.23. The summed E-state index contributed by atoms with van der Waals surface area (Å²) in [5, 5.41) is 0. The summed E-state index contributed by atoms with van der Waals surface area (Å²) in [5.41, 5.74) is 3.05. The summed E-state index contributed by atoms with van der Waals surface area (Å²) in [6.45, 7) is 5.12. The standard InChI is InChI=1S/C18H26Si2/c1-19(2)20(15-13-17-9-5-3-6-10-17)16-14-18-11-7-4-8-12-18/h3-12,19-20H,13-16H2,1-2H3. The second-order valence-electron chi connectivity index (χ2n) is 6.05. The van der Waals surface area contributed by atoms with E-state index >= 15 is 0 Å². The van der Waals surface area contributed by atoms with Gasteiger partial charge >= 0.3 is 0 Å². The zero-order chi connectivity index (χ0) is 14.2. The van der Waals surface area contributed by atoms with Gasteiger partial charge in [0.2, 0.25) is 0 Å². The Morgan fingerprint density at radius 3 is 1.40 bits per heavy atom. The van der Waals surface area contributed by atoms with Gasteiger partial charge in [-0.2, -0.15) is 0 Å². The fourth-order valence-electron chi connectivity index (χ4n) is 2.80. The van der Waals surface area contributed by atoms with Crippen LogP contribution in [0.15, 0.2) is 60.7 Å². The molecule has 2 heteroatoms. The SMILES string of the molecule is C[SiH](C)[SiH](CCc1ccccc1)CCc1ccccc1.